The van der Waals surface area contributed by atoms with Crippen molar-refractivity contribution in [3.63, 3.8) is 0 Å². The zero-order chi connectivity index (χ0) is 13.0. The lowest BCUT2D eigenvalue weighted by Gasteiger charge is -2.08. The van der Waals surface area contributed by atoms with Gasteiger partial charge in [-0.1, -0.05) is 5.16 Å². The van der Waals surface area contributed by atoms with E-state index in [1.165, 1.54) is 12.5 Å². The average Bonchev–Trinajstić information content (AvgIpc) is 2.89. The predicted octanol–water partition coefficient (Wildman–Crippen LogP) is 0.590. The van der Waals surface area contributed by atoms with E-state index in [1.54, 1.807) is 25.2 Å². The van der Waals surface area contributed by atoms with Gasteiger partial charge >= 0.3 is 0 Å². The van der Waals surface area contributed by atoms with Crippen LogP contribution in [0.2, 0.25) is 0 Å². The first-order chi connectivity index (χ1) is 8.63. The maximum Gasteiger partial charge on any atom is 0.260 e. The van der Waals surface area contributed by atoms with E-state index in [2.05, 4.69) is 24.7 Å². The van der Waals surface area contributed by atoms with Gasteiger partial charge < -0.3 is 9.84 Å². The molecule has 0 saturated heterocycles. The first-order valence-electron chi connectivity index (χ1n) is 5.15. The summed E-state index contributed by atoms with van der Waals surface area (Å²) < 4.78 is 31.1. The molecule has 2 rings (SSSR count). The van der Waals surface area contributed by atoms with Crippen molar-refractivity contribution in [1.29, 1.82) is 0 Å². The zero-order valence-corrected chi connectivity index (χ0v) is 10.4. The summed E-state index contributed by atoms with van der Waals surface area (Å²) in [5.41, 5.74) is 0.936. The van der Waals surface area contributed by atoms with Gasteiger partial charge in [-0.15, -0.1) is 0 Å². The average molecular weight is 268 g/mol. The molecule has 7 nitrogen and oxygen atoms in total. The third-order valence-electron chi connectivity index (χ3n) is 2.23. The van der Waals surface area contributed by atoms with Crippen molar-refractivity contribution in [1.82, 2.24) is 14.9 Å². The minimum Gasteiger partial charge on any atom is -0.386 e. The molecule has 0 fully saturated rings. The van der Waals surface area contributed by atoms with E-state index >= 15 is 0 Å². The number of anilines is 1. The van der Waals surface area contributed by atoms with Gasteiger partial charge in [0.25, 0.3) is 10.0 Å². The van der Waals surface area contributed by atoms with Crippen molar-refractivity contribution in [3.8, 4) is 0 Å². The summed E-state index contributed by atoms with van der Waals surface area (Å²) in [4.78, 5) is 3.86. The highest BCUT2D eigenvalue weighted by Gasteiger charge is 2.19. The molecule has 0 aliphatic heterocycles. The Morgan fingerprint density at radius 1 is 1.39 bits per heavy atom. The Morgan fingerprint density at radius 2 is 2.22 bits per heavy atom. The van der Waals surface area contributed by atoms with E-state index in [0.717, 1.165) is 0 Å². The predicted molar refractivity (Wildman–Crippen MR) is 64.3 cm³/mol. The monoisotopic (exact) mass is 268 g/mol. The minimum atomic E-state index is -3.68. The minimum absolute atomic E-state index is 0.0454. The number of sulfonamides is 1. The van der Waals surface area contributed by atoms with Crippen LogP contribution in [0.25, 0.3) is 0 Å². The largest absolute Gasteiger partial charge is 0.386 e. The molecule has 0 spiro atoms. The standard InChI is InChI=1S/C10H12N4O3S/c1-11-9-3-2-5-12-10(9)18(15,16)13-7-8-4-6-17-14-8/h2-6,11,13H,7H2,1H3. The Hall–Kier alpha value is -1.93. The van der Waals surface area contributed by atoms with Crippen LogP contribution in [0.3, 0.4) is 0 Å². The quantitative estimate of drug-likeness (QED) is 0.823. The molecular formula is C10H12N4O3S. The van der Waals surface area contributed by atoms with E-state index in [-0.39, 0.29) is 11.6 Å². The van der Waals surface area contributed by atoms with Crippen molar-refractivity contribution >= 4 is 15.7 Å². The van der Waals surface area contributed by atoms with Gasteiger partial charge in [0.1, 0.15) is 6.26 Å². The van der Waals surface area contributed by atoms with Crippen molar-refractivity contribution in [2.24, 2.45) is 0 Å². The third kappa shape index (κ3) is 2.66. The summed E-state index contributed by atoms with van der Waals surface area (Å²) in [6, 6.07) is 4.88. The Morgan fingerprint density at radius 3 is 2.89 bits per heavy atom. The molecule has 2 aromatic heterocycles. The van der Waals surface area contributed by atoms with Crippen molar-refractivity contribution < 1.29 is 12.9 Å². The summed E-state index contributed by atoms with van der Waals surface area (Å²) in [6.07, 6.45) is 2.80. The molecule has 0 bridgehead atoms. The summed E-state index contributed by atoms with van der Waals surface area (Å²) in [5.74, 6) is 0. The van der Waals surface area contributed by atoms with E-state index < -0.39 is 10.0 Å². The van der Waals surface area contributed by atoms with Crippen LogP contribution < -0.4 is 10.0 Å². The van der Waals surface area contributed by atoms with Gasteiger partial charge in [-0.05, 0) is 12.1 Å². The van der Waals surface area contributed by atoms with Gasteiger partial charge in [-0.2, -0.15) is 0 Å². The Bertz CT molecular complexity index is 610. The number of hydrogen-bond donors (Lipinski definition) is 2. The zero-order valence-electron chi connectivity index (χ0n) is 9.62. The molecule has 0 amide bonds. The summed E-state index contributed by atoms with van der Waals surface area (Å²) >= 11 is 0. The normalized spacial score (nSPS) is 11.4. The first kappa shape index (κ1) is 12.5. The second-order valence-electron chi connectivity index (χ2n) is 3.42. The number of nitrogens with one attached hydrogen (secondary N) is 2. The molecule has 0 radical (unpaired) electrons. The van der Waals surface area contributed by atoms with E-state index in [4.69, 9.17) is 0 Å². The summed E-state index contributed by atoms with van der Waals surface area (Å²) in [7, 11) is -2.05. The lowest BCUT2D eigenvalue weighted by Crippen LogP contribution is -2.25. The SMILES string of the molecule is CNc1cccnc1S(=O)(=O)NCc1ccon1. The van der Waals surface area contributed by atoms with Crippen molar-refractivity contribution in [3.05, 3.63) is 36.4 Å². The number of aromatic nitrogens is 2. The molecule has 0 aliphatic rings. The topological polar surface area (TPSA) is 97.1 Å². The molecule has 96 valence electrons. The van der Waals surface area contributed by atoms with Crippen LogP contribution in [0.15, 0.2) is 40.2 Å². The van der Waals surface area contributed by atoms with Gasteiger partial charge in [-0.3, -0.25) is 0 Å². The van der Waals surface area contributed by atoms with Crippen LogP contribution in [0.5, 0.6) is 0 Å². The van der Waals surface area contributed by atoms with Crippen LogP contribution in [-0.2, 0) is 16.6 Å². The second-order valence-corrected chi connectivity index (χ2v) is 5.10. The van der Waals surface area contributed by atoms with Crippen LogP contribution in [0.4, 0.5) is 5.69 Å². The molecule has 0 aromatic carbocycles. The number of rotatable bonds is 5. The fourth-order valence-electron chi connectivity index (χ4n) is 1.36. The smallest absolute Gasteiger partial charge is 0.260 e. The van der Waals surface area contributed by atoms with Gasteiger partial charge in [0.05, 0.1) is 17.9 Å². The van der Waals surface area contributed by atoms with Crippen molar-refractivity contribution in [2.75, 3.05) is 12.4 Å². The van der Waals surface area contributed by atoms with Crippen LogP contribution >= 0.6 is 0 Å². The maximum absolute atomic E-state index is 12.0. The van der Waals surface area contributed by atoms with Crippen molar-refractivity contribution in [2.45, 2.75) is 11.6 Å². The van der Waals surface area contributed by atoms with E-state index in [0.29, 0.717) is 11.4 Å². The fourth-order valence-corrected chi connectivity index (χ4v) is 2.50. The Labute approximate surface area is 104 Å². The Kier molecular flexibility index (Phi) is 3.58. The second kappa shape index (κ2) is 5.15. The number of hydrogen-bond acceptors (Lipinski definition) is 6. The highest BCUT2D eigenvalue weighted by atomic mass is 32.2. The molecule has 2 heterocycles. The molecule has 2 N–H and O–H groups in total. The molecular weight excluding hydrogens is 256 g/mol. The third-order valence-corrected chi connectivity index (χ3v) is 3.59. The Balaban J connectivity index is 2.20. The summed E-state index contributed by atoms with van der Waals surface area (Å²) in [5, 5.41) is 6.35. The molecule has 8 heteroatoms. The van der Waals surface area contributed by atoms with E-state index in [9.17, 15) is 8.42 Å². The van der Waals surface area contributed by atoms with Gasteiger partial charge in [0.2, 0.25) is 0 Å². The molecule has 0 atom stereocenters. The molecule has 0 unspecified atom stereocenters. The van der Waals surface area contributed by atoms with Crippen LogP contribution in [0, 0.1) is 0 Å². The van der Waals surface area contributed by atoms with Gasteiger partial charge in [-0.25, -0.2) is 18.1 Å². The van der Waals surface area contributed by atoms with Crippen LogP contribution in [-0.4, -0.2) is 25.6 Å². The molecule has 18 heavy (non-hydrogen) atoms. The van der Waals surface area contributed by atoms with Crippen LogP contribution in [0.1, 0.15) is 5.69 Å². The maximum atomic E-state index is 12.0. The number of nitrogens with zero attached hydrogens (tertiary/aromatic N) is 2. The van der Waals surface area contributed by atoms with Gasteiger partial charge in [0.15, 0.2) is 5.03 Å². The molecule has 0 aliphatic carbocycles. The molecule has 0 saturated carbocycles. The van der Waals surface area contributed by atoms with Gasteiger partial charge in [0, 0.05) is 19.3 Å². The number of pyridine rings is 1. The molecule has 2 aromatic rings. The lowest BCUT2D eigenvalue weighted by atomic mass is 10.4. The highest BCUT2D eigenvalue weighted by molar-refractivity contribution is 7.89. The lowest BCUT2D eigenvalue weighted by molar-refractivity contribution is 0.411. The van der Waals surface area contributed by atoms with E-state index in [1.807, 2.05) is 0 Å². The fraction of sp³-hybridized carbons (Fsp3) is 0.200. The highest BCUT2D eigenvalue weighted by Crippen LogP contribution is 2.16. The summed E-state index contributed by atoms with van der Waals surface area (Å²) in [6.45, 7) is 0.0541. The first-order valence-corrected chi connectivity index (χ1v) is 6.63.